The van der Waals surface area contributed by atoms with E-state index in [1.807, 2.05) is 23.6 Å². The zero-order chi connectivity index (χ0) is 24.1. The van der Waals surface area contributed by atoms with Crippen molar-refractivity contribution in [1.82, 2.24) is 5.32 Å². The Bertz CT molecular complexity index is 1200. The first-order chi connectivity index (χ1) is 16.4. The van der Waals surface area contributed by atoms with Gasteiger partial charge in [-0.3, -0.25) is 14.4 Å². The van der Waals surface area contributed by atoms with Crippen molar-refractivity contribution in [3.05, 3.63) is 64.8 Å². The lowest BCUT2D eigenvalue weighted by Crippen LogP contribution is -2.27. The predicted octanol–water partition coefficient (Wildman–Crippen LogP) is 5.46. The summed E-state index contributed by atoms with van der Waals surface area (Å²) in [6, 6.07) is 11.7. The average Bonchev–Trinajstić information content (AvgIpc) is 3.30. The minimum atomic E-state index is -0.785. The van der Waals surface area contributed by atoms with Crippen molar-refractivity contribution < 1.29 is 28.6 Å². The molecule has 8 heteroatoms. The fraction of sp³-hybridized carbons (Fsp3) is 0.346. The van der Waals surface area contributed by atoms with E-state index in [-0.39, 0.29) is 35.7 Å². The van der Waals surface area contributed by atoms with Crippen molar-refractivity contribution >= 4 is 39.1 Å². The number of amides is 1. The van der Waals surface area contributed by atoms with E-state index in [0.29, 0.717) is 50.0 Å². The topological polar surface area (TPSA) is 92.7 Å². The van der Waals surface area contributed by atoms with E-state index in [4.69, 9.17) is 9.84 Å². The number of aliphatic carboxylic acids is 1. The normalized spacial score (nSPS) is 17.9. The van der Waals surface area contributed by atoms with Crippen LogP contribution in [0.4, 0.5) is 4.39 Å². The number of hydrogen-bond donors (Lipinski definition) is 2. The zero-order valence-corrected chi connectivity index (χ0v) is 19.4. The number of carbonyl (C=O) groups is 3. The first kappa shape index (κ1) is 23.9. The van der Waals surface area contributed by atoms with Gasteiger partial charge in [0.1, 0.15) is 11.6 Å². The van der Waals surface area contributed by atoms with E-state index in [0.717, 1.165) is 10.1 Å². The number of Topliss-reactive ketones (excluding diaryl/α,β-unsaturated/α-hetero) is 1. The second kappa shape index (κ2) is 10.8. The molecule has 0 bridgehead atoms. The molecule has 1 heterocycles. The highest BCUT2D eigenvalue weighted by Gasteiger charge is 2.27. The Hall–Kier alpha value is -3.26. The standard InChI is InChI=1S/C26H26FNO5S/c27-22-15-20(33-19-6-3-16(4-7-19)26(31)32)8-9-21(22)23(29)2-1-12-28-25(30)18-5-10-24-17(14-18)11-13-34-24/h5,8-11,13-16,19H,1-4,6-7,12H2,(H,28,30)(H,31,32). The van der Waals surface area contributed by atoms with Gasteiger partial charge in [0.2, 0.25) is 0 Å². The molecule has 1 aliphatic rings. The molecule has 0 radical (unpaired) electrons. The van der Waals surface area contributed by atoms with Crippen molar-refractivity contribution in [3.8, 4) is 5.75 Å². The number of carboxylic acid groups (broad SMARTS) is 1. The van der Waals surface area contributed by atoms with Gasteiger partial charge < -0.3 is 15.2 Å². The lowest BCUT2D eigenvalue weighted by atomic mass is 9.87. The molecular weight excluding hydrogens is 457 g/mol. The highest BCUT2D eigenvalue weighted by Crippen LogP contribution is 2.29. The third-order valence-electron chi connectivity index (χ3n) is 6.15. The molecule has 0 aliphatic heterocycles. The van der Waals surface area contributed by atoms with Crippen LogP contribution in [0.25, 0.3) is 10.1 Å². The van der Waals surface area contributed by atoms with Crippen molar-refractivity contribution in [2.24, 2.45) is 5.92 Å². The summed E-state index contributed by atoms with van der Waals surface area (Å²) >= 11 is 1.61. The molecule has 1 aromatic heterocycles. The van der Waals surface area contributed by atoms with Gasteiger partial charge in [0.25, 0.3) is 5.91 Å². The molecule has 178 valence electrons. The molecule has 0 saturated heterocycles. The Balaban J connectivity index is 1.23. The van der Waals surface area contributed by atoms with Crippen LogP contribution >= 0.6 is 11.3 Å². The van der Waals surface area contributed by atoms with Crippen molar-refractivity contribution in [1.29, 1.82) is 0 Å². The second-order valence-corrected chi connectivity index (χ2v) is 9.47. The van der Waals surface area contributed by atoms with Gasteiger partial charge in [-0.2, -0.15) is 0 Å². The van der Waals surface area contributed by atoms with Crippen LogP contribution in [0.2, 0.25) is 0 Å². The predicted molar refractivity (Wildman–Crippen MR) is 128 cm³/mol. The molecule has 0 atom stereocenters. The smallest absolute Gasteiger partial charge is 0.306 e. The van der Waals surface area contributed by atoms with Gasteiger partial charge in [0, 0.05) is 29.3 Å². The maximum atomic E-state index is 14.5. The van der Waals surface area contributed by atoms with Gasteiger partial charge >= 0.3 is 5.97 Å². The molecule has 6 nitrogen and oxygen atoms in total. The molecule has 1 saturated carbocycles. The van der Waals surface area contributed by atoms with Crippen molar-refractivity contribution in [2.45, 2.75) is 44.6 Å². The Kier molecular flexibility index (Phi) is 7.57. The van der Waals surface area contributed by atoms with Crippen molar-refractivity contribution in [3.63, 3.8) is 0 Å². The number of hydrogen-bond acceptors (Lipinski definition) is 5. The highest BCUT2D eigenvalue weighted by molar-refractivity contribution is 7.17. The van der Waals surface area contributed by atoms with Gasteiger partial charge in [-0.1, -0.05) is 0 Å². The first-order valence-electron chi connectivity index (χ1n) is 11.4. The van der Waals surface area contributed by atoms with Crippen LogP contribution in [-0.4, -0.2) is 35.4 Å². The fourth-order valence-corrected chi connectivity index (χ4v) is 4.98. The van der Waals surface area contributed by atoms with E-state index in [1.165, 1.54) is 12.1 Å². The quantitative estimate of drug-likeness (QED) is 0.312. The van der Waals surface area contributed by atoms with E-state index in [2.05, 4.69) is 5.32 Å². The van der Waals surface area contributed by atoms with E-state index < -0.39 is 11.8 Å². The minimum absolute atomic E-state index is 0.00355. The van der Waals surface area contributed by atoms with Crippen LogP contribution in [-0.2, 0) is 4.79 Å². The maximum Gasteiger partial charge on any atom is 0.306 e. The lowest BCUT2D eigenvalue weighted by Gasteiger charge is -2.26. The highest BCUT2D eigenvalue weighted by atomic mass is 32.1. The summed E-state index contributed by atoms with van der Waals surface area (Å²) in [5.41, 5.74) is 0.562. The first-order valence-corrected chi connectivity index (χ1v) is 12.3. The van der Waals surface area contributed by atoms with Crippen molar-refractivity contribution in [2.75, 3.05) is 6.54 Å². The van der Waals surface area contributed by atoms with Gasteiger partial charge in [-0.25, -0.2) is 4.39 Å². The number of halogens is 1. The minimum Gasteiger partial charge on any atom is -0.490 e. The van der Waals surface area contributed by atoms with E-state index in [9.17, 15) is 18.8 Å². The van der Waals surface area contributed by atoms with Gasteiger partial charge in [-0.05, 0) is 79.3 Å². The van der Waals surface area contributed by atoms with Crippen LogP contribution in [0.5, 0.6) is 5.75 Å². The lowest BCUT2D eigenvalue weighted by molar-refractivity contribution is -0.143. The fourth-order valence-electron chi connectivity index (χ4n) is 4.21. The Morgan fingerprint density at radius 2 is 1.85 bits per heavy atom. The average molecular weight is 484 g/mol. The molecule has 34 heavy (non-hydrogen) atoms. The van der Waals surface area contributed by atoms with Gasteiger partial charge in [-0.15, -0.1) is 11.3 Å². The molecule has 2 N–H and O–H groups in total. The number of ketones is 1. The summed E-state index contributed by atoms with van der Waals surface area (Å²) in [4.78, 5) is 35.8. The van der Waals surface area contributed by atoms with Crippen LogP contribution in [0.3, 0.4) is 0 Å². The Morgan fingerprint density at radius 1 is 1.06 bits per heavy atom. The number of carbonyl (C=O) groups excluding carboxylic acids is 2. The van der Waals surface area contributed by atoms with Crippen LogP contribution in [0.1, 0.15) is 59.2 Å². The summed E-state index contributed by atoms with van der Waals surface area (Å²) in [6.07, 6.45) is 2.64. The van der Waals surface area contributed by atoms with Crippen LogP contribution in [0.15, 0.2) is 47.8 Å². The molecule has 0 spiro atoms. The van der Waals surface area contributed by atoms with E-state index in [1.54, 1.807) is 23.5 Å². The number of carboxylic acids is 1. The Morgan fingerprint density at radius 3 is 2.59 bits per heavy atom. The molecule has 4 rings (SSSR count). The number of ether oxygens (including phenoxy) is 1. The SMILES string of the molecule is O=C(NCCCC(=O)c1ccc(OC2CCC(C(=O)O)CC2)cc1F)c1ccc2sccc2c1. The van der Waals surface area contributed by atoms with Crippen LogP contribution < -0.4 is 10.1 Å². The third-order valence-corrected chi connectivity index (χ3v) is 7.05. The number of thiophene rings is 1. The zero-order valence-electron chi connectivity index (χ0n) is 18.6. The molecule has 0 unspecified atom stereocenters. The maximum absolute atomic E-state index is 14.5. The monoisotopic (exact) mass is 483 g/mol. The molecule has 2 aromatic carbocycles. The number of fused-ring (bicyclic) bond motifs is 1. The molecule has 1 amide bonds. The number of nitrogens with one attached hydrogen (secondary N) is 1. The molecule has 3 aromatic rings. The molecular formula is C26H26FNO5S. The largest absolute Gasteiger partial charge is 0.490 e. The number of rotatable bonds is 9. The molecule has 1 aliphatic carbocycles. The molecule has 1 fully saturated rings. The summed E-state index contributed by atoms with van der Waals surface area (Å²) in [5, 5.41) is 14.9. The van der Waals surface area contributed by atoms with Gasteiger partial charge in [0.05, 0.1) is 17.6 Å². The summed E-state index contributed by atoms with van der Waals surface area (Å²) in [6.45, 7) is 0.314. The van der Waals surface area contributed by atoms with E-state index >= 15 is 0 Å². The van der Waals surface area contributed by atoms with Crippen LogP contribution in [0, 0.1) is 11.7 Å². The second-order valence-electron chi connectivity index (χ2n) is 8.53. The Labute approximate surface area is 200 Å². The summed E-state index contributed by atoms with van der Waals surface area (Å²) in [7, 11) is 0. The van der Waals surface area contributed by atoms with Gasteiger partial charge in [0.15, 0.2) is 5.78 Å². The summed E-state index contributed by atoms with van der Waals surface area (Å²) in [5.74, 6) is -1.97. The summed E-state index contributed by atoms with van der Waals surface area (Å²) < 4.78 is 21.4. The third kappa shape index (κ3) is 5.80. The number of benzene rings is 2.